The minimum Gasteiger partial charge on any atom is -0.457 e. The van der Waals surface area contributed by atoms with Crippen LogP contribution in [-0.2, 0) is 11.0 Å². The predicted octanol–water partition coefficient (Wildman–Crippen LogP) is 8.66. The Hall–Kier alpha value is -6.53. The number of fused-ring (bicyclic) bond motifs is 1. The standard InChI is InChI=1S/C35H25F3N6O3/c1-2-3-10-32(45)41-27-13-16-31-30(19-27)33(22(20-39)21-40-31)42-24-11-14-28(15-12-24)47-29-9-5-8-26(18-29)44-34(46)43-25-7-4-6-23(17-25)35(36,37)38/h1,4-9,11-19,21H,3,10H2,(H,40,42)(H,41,45)(H2,43,44,46). The normalized spacial score (nSPS) is 10.7. The van der Waals surface area contributed by atoms with Crippen LogP contribution in [0.3, 0.4) is 0 Å². The lowest BCUT2D eigenvalue weighted by Gasteiger charge is -2.14. The molecular formula is C35H25F3N6O3. The summed E-state index contributed by atoms with van der Waals surface area (Å²) in [4.78, 5) is 29.0. The number of hydrogen-bond donors (Lipinski definition) is 4. The lowest BCUT2D eigenvalue weighted by molar-refractivity contribution is -0.137. The number of nitrogens with one attached hydrogen (secondary N) is 4. The van der Waals surface area contributed by atoms with Crippen molar-refractivity contribution in [2.75, 3.05) is 21.3 Å². The lowest BCUT2D eigenvalue weighted by atomic mass is 10.1. The summed E-state index contributed by atoms with van der Waals surface area (Å²) in [7, 11) is 0. The minimum atomic E-state index is -4.53. The van der Waals surface area contributed by atoms with Crippen LogP contribution in [0, 0.1) is 23.7 Å². The van der Waals surface area contributed by atoms with E-state index in [1.54, 1.807) is 66.7 Å². The Morgan fingerprint density at radius 3 is 2.21 bits per heavy atom. The van der Waals surface area contributed by atoms with E-state index in [-0.39, 0.29) is 18.0 Å². The first-order valence-corrected chi connectivity index (χ1v) is 14.1. The molecule has 0 fully saturated rings. The van der Waals surface area contributed by atoms with Crippen LogP contribution < -0.4 is 26.0 Å². The third-order valence-corrected chi connectivity index (χ3v) is 6.67. The number of anilines is 5. The molecule has 4 N–H and O–H groups in total. The molecule has 1 aromatic heterocycles. The number of hydrogen-bond acceptors (Lipinski definition) is 6. The molecule has 0 radical (unpaired) electrons. The number of aromatic nitrogens is 1. The maximum Gasteiger partial charge on any atom is 0.416 e. The van der Waals surface area contributed by atoms with Gasteiger partial charge in [-0.2, -0.15) is 18.4 Å². The Kier molecular flexibility index (Phi) is 9.53. The number of amides is 3. The monoisotopic (exact) mass is 634 g/mol. The number of alkyl halides is 3. The van der Waals surface area contributed by atoms with Gasteiger partial charge in [-0.3, -0.25) is 9.78 Å². The smallest absolute Gasteiger partial charge is 0.416 e. The minimum absolute atomic E-state index is 0.0108. The van der Waals surface area contributed by atoms with Gasteiger partial charge in [0.1, 0.15) is 17.6 Å². The van der Waals surface area contributed by atoms with Crippen molar-refractivity contribution >= 4 is 51.3 Å². The van der Waals surface area contributed by atoms with Gasteiger partial charge in [0.25, 0.3) is 0 Å². The van der Waals surface area contributed by atoms with Crippen molar-refractivity contribution < 1.29 is 27.5 Å². The van der Waals surface area contributed by atoms with Crippen molar-refractivity contribution in [1.29, 1.82) is 5.26 Å². The molecule has 4 aromatic carbocycles. The number of carbonyl (C=O) groups is 2. The fraction of sp³-hybridized carbons (Fsp3) is 0.0857. The van der Waals surface area contributed by atoms with Gasteiger partial charge < -0.3 is 26.0 Å². The van der Waals surface area contributed by atoms with Gasteiger partial charge in [-0.1, -0.05) is 12.1 Å². The molecule has 5 rings (SSSR count). The summed E-state index contributed by atoms with van der Waals surface area (Å²) in [6, 6.07) is 24.3. The average molecular weight is 635 g/mol. The summed E-state index contributed by atoms with van der Waals surface area (Å²) in [5, 5.41) is 21.4. The predicted molar refractivity (Wildman–Crippen MR) is 173 cm³/mol. The van der Waals surface area contributed by atoms with E-state index in [1.807, 2.05) is 0 Å². The van der Waals surface area contributed by atoms with Crippen LogP contribution in [0.25, 0.3) is 10.9 Å². The second kappa shape index (κ2) is 14.1. The molecule has 0 aliphatic carbocycles. The highest BCUT2D eigenvalue weighted by atomic mass is 19.4. The Morgan fingerprint density at radius 2 is 1.51 bits per heavy atom. The van der Waals surface area contributed by atoms with E-state index >= 15 is 0 Å². The Morgan fingerprint density at radius 1 is 0.830 bits per heavy atom. The topological polar surface area (TPSA) is 128 Å². The van der Waals surface area contributed by atoms with Crippen LogP contribution in [0.1, 0.15) is 24.0 Å². The number of benzene rings is 4. The van der Waals surface area contributed by atoms with Gasteiger partial charge in [0.2, 0.25) is 5.91 Å². The molecule has 0 saturated heterocycles. The zero-order valence-corrected chi connectivity index (χ0v) is 24.5. The van der Waals surface area contributed by atoms with Crippen LogP contribution in [0.5, 0.6) is 11.5 Å². The summed E-state index contributed by atoms with van der Waals surface area (Å²) < 4.78 is 44.9. The van der Waals surface area contributed by atoms with Gasteiger partial charge in [-0.25, -0.2) is 4.79 Å². The fourth-order valence-electron chi connectivity index (χ4n) is 4.49. The van der Waals surface area contributed by atoms with E-state index in [9.17, 15) is 28.0 Å². The van der Waals surface area contributed by atoms with Gasteiger partial charge in [-0.05, 0) is 72.8 Å². The number of pyridine rings is 1. The molecule has 12 heteroatoms. The molecule has 0 spiro atoms. The van der Waals surface area contributed by atoms with Crippen molar-refractivity contribution in [3.63, 3.8) is 0 Å². The van der Waals surface area contributed by atoms with Crippen molar-refractivity contribution in [3.05, 3.63) is 108 Å². The molecule has 0 saturated carbocycles. The highest BCUT2D eigenvalue weighted by Crippen LogP contribution is 2.33. The van der Waals surface area contributed by atoms with E-state index in [1.165, 1.54) is 18.3 Å². The average Bonchev–Trinajstić information content (AvgIpc) is 3.04. The molecule has 47 heavy (non-hydrogen) atoms. The van der Waals surface area contributed by atoms with Crippen LogP contribution >= 0.6 is 0 Å². The number of carbonyl (C=O) groups excluding carboxylic acids is 2. The van der Waals surface area contributed by atoms with Crippen LogP contribution in [0.15, 0.2) is 97.2 Å². The Labute approximate surface area is 267 Å². The summed E-state index contributed by atoms with van der Waals surface area (Å²) in [5.74, 6) is 3.07. The largest absolute Gasteiger partial charge is 0.457 e. The van der Waals surface area contributed by atoms with Crippen LogP contribution in [0.4, 0.5) is 46.4 Å². The second-order valence-electron chi connectivity index (χ2n) is 10.1. The third-order valence-electron chi connectivity index (χ3n) is 6.67. The van der Waals surface area contributed by atoms with Gasteiger partial charge >= 0.3 is 12.2 Å². The van der Waals surface area contributed by atoms with Crippen molar-refractivity contribution in [1.82, 2.24) is 4.98 Å². The number of urea groups is 1. The number of halogens is 3. The third kappa shape index (κ3) is 8.35. The number of nitriles is 1. The molecule has 0 bridgehead atoms. The molecule has 1 heterocycles. The summed E-state index contributed by atoms with van der Waals surface area (Å²) in [6.45, 7) is 0. The first-order valence-electron chi connectivity index (χ1n) is 14.1. The highest BCUT2D eigenvalue weighted by Gasteiger charge is 2.30. The molecule has 0 atom stereocenters. The number of nitrogens with zero attached hydrogens (tertiary/aromatic N) is 2. The zero-order chi connectivity index (χ0) is 33.4. The second-order valence-corrected chi connectivity index (χ2v) is 10.1. The van der Waals surface area contributed by atoms with Crippen molar-refractivity contribution in [2.24, 2.45) is 0 Å². The van der Waals surface area contributed by atoms with Gasteiger partial charge in [-0.15, -0.1) is 12.3 Å². The van der Waals surface area contributed by atoms with Gasteiger partial charge in [0, 0.05) is 53.2 Å². The first-order chi connectivity index (χ1) is 22.6. The maximum absolute atomic E-state index is 13.0. The first kappa shape index (κ1) is 31.9. The van der Waals surface area contributed by atoms with E-state index in [0.29, 0.717) is 57.1 Å². The fourth-order valence-corrected chi connectivity index (χ4v) is 4.49. The van der Waals surface area contributed by atoms with E-state index in [0.717, 1.165) is 12.1 Å². The molecule has 0 aliphatic heterocycles. The van der Waals surface area contributed by atoms with Crippen molar-refractivity contribution in [2.45, 2.75) is 19.0 Å². The molecule has 0 unspecified atom stereocenters. The maximum atomic E-state index is 13.0. The quantitative estimate of drug-likeness (QED) is 0.120. The molecule has 9 nitrogen and oxygen atoms in total. The SMILES string of the molecule is C#CCCC(=O)Nc1ccc2ncc(C#N)c(Nc3ccc(Oc4cccc(NC(=O)Nc5cccc(C(F)(F)F)c5)c4)cc3)c2c1. The molecular weight excluding hydrogens is 609 g/mol. The lowest BCUT2D eigenvalue weighted by Crippen LogP contribution is -2.19. The van der Waals surface area contributed by atoms with Crippen LogP contribution in [0.2, 0.25) is 0 Å². The van der Waals surface area contributed by atoms with Gasteiger partial charge in [0.05, 0.1) is 22.3 Å². The zero-order valence-electron chi connectivity index (χ0n) is 24.5. The van der Waals surface area contributed by atoms with E-state index in [2.05, 4.69) is 38.2 Å². The number of ether oxygens (including phenoxy) is 1. The Balaban J connectivity index is 1.26. The van der Waals surface area contributed by atoms with Crippen LogP contribution in [-0.4, -0.2) is 16.9 Å². The number of terminal acetylenes is 1. The highest BCUT2D eigenvalue weighted by molar-refractivity contribution is 6.01. The van der Waals surface area contributed by atoms with E-state index in [4.69, 9.17) is 11.2 Å². The summed E-state index contributed by atoms with van der Waals surface area (Å²) >= 11 is 0. The van der Waals surface area contributed by atoms with Crippen molar-refractivity contribution in [3.8, 4) is 29.9 Å². The molecule has 5 aromatic rings. The molecule has 3 amide bonds. The Bertz CT molecular complexity index is 2030. The molecule has 234 valence electrons. The molecule has 0 aliphatic rings. The number of rotatable bonds is 9. The summed E-state index contributed by atoms with van der Waals surface area (Å²) in [6.07, 6.45) is 2.68. The summed E-state index contributed by atoms with van der Waals surface area (Å²) in [5.41, 5.74) is 2.07. The van der Waals surface area contributed by atoms with Gasteiger partial charge in [0.15, 0.2) is 0 Å². The van der Waals surface area contributed by atoms with E-state index < -0.39 is 17.8 Å².